The number of primary amides is 1. The molecule has 0 heterocycles. The average molecular weight is 290 g/mol. The molecule has 0 atom stereocenters. The molecule has 0 aliphatic rings. The van der Waals surface area contributed by atoms with Gasteiger partial charge in [-0.05, 0) is 29.8 Å². The first kappa shape index (κ1) is 14.1. The van der Waals surface area contributed by atoms with Crippen LogP contribution in [0, 0.1) is 0 Å². The van der Waals surface area contributed by atoms with Gasteiger partial charge in [-0.25, -0.2) is 8.42 Å². The van der Waals surface area contributed by atoms with E-state index in [0.717, 1.165) is 0 Å². The maximum atomic E-state index is 12.0. The molecule has 1 amide bonds. The van der Waals surface area contributed by atoms with E-state index in [2.05, 4.69) is 4.72 Å². The number of amides is 1. The molecule has 3 N–H and O–H groups in total. The Bertz CT molecular complexity index is 695. The second kappa shape index (κ2) is 5.75. The Labute approximate surface area is 117 Å². The van der Waals surface area contributed by atoms with Crippen molar-refractivity contribution in [3.63, 3.8) is 0 Å². The molecule has 0 fully saturated rings. The lowest BCUT2D eigenvalue weighted by Crippen LogP contribution is -2.15. The molecule has 0 saturated heterocycles. The van der Waals surface area contributed by atoms with Crippen molar-refractivity contribution in [2.75, 3.05) is 4.72 Å². The summed E-state index contributed by atoms with van der Waals surface area (Å²) in [6.07, 6.45) is 0. The van der Waals surface area contributed by atoms with Crippen LogP contribution in [0.5, 0.6) is 0 Å². The molecule has 0 unspecified atom stereocenters. The van der Waals surface area contributed by atoms with E-state index in [0.29, 0.717) is 16.8 Å². The molecular weight excluding hydrogens is 276 g/mol. The highest BCUT2D eigenvalue weighted by Crippen LogP contribution is 2.13. The SMILES string of the molecule is NC(=O)c1ccc(NS(=O)(=O)Cc2ccccc2)cc1. The Morgan fingerprint density at radius 1 is 1.00 bits per heavy atom. The third-order valence-electron chi connectivity index (χ3n) is 2.64. The minimum Gasteiger partial charge on any atom is -0.366 e. The lowest BCUT2D eigenvalue weighted by atomic mass is 10.2. The van der Waals surface area contributed by atoms with Crippen LogP contribution >= 0.6 is 0 Å². The number of hydrogen-bond donors (Lipinski definition) is 2. The number of sulfonamides is 1. The zero-order valence-electron chi connectivity index (χ0n) is 10.6. The van der Waals surface area contributed by atoms with Gasteiger partial charge in [-0.3, -0.25) is 9.52 Å². The Balaban J connectivity index is 2.10. The van der Waals surface area contributed by atoms with E-state index in [1.165, 1.54) is 24.3 Å². The number of benzene rings is 2. The van der Waals surface area contributed by atoms with Crippen LogP contribution in [0.2, 0.25) is 0 Å². The maximum absolute atomic E-state index is 12.0. The minimum absolute atomic E-state index is 0.106. The van der Waals surface area contributed by atoms with Gasteiger partial charge in [0.2, 0.25) is 15.9 Å². The van der Waals surface area contributed by atoms with Crippen LogP contribution in [0.4, 0.5) is 5.69 Å². The number of carbonyl (C=O) groups is 1. The van der Waals surface area contributed by atoms with E-state index in [9.17, 15) is 13.2 Å². The van der Waals surface area contributed by atoms with Crippen molar-refractivity contribution in [1.29, 1.82) is 0 Å². The van der Waals surface area contributed by atoms with Crippen LogP contribution in [0.1, 0.15) is 15.9 Å². The van der Waals surface area contributed by atoms with E-state index in [-0.39, 0.29) is 5.75 Å². The summed E-state index contributed by atoms with van der Waals surface area (Å²) in [6.45, 7) is 0. The van der Waals surface area contributed by atoms with Crippen molar-refractivity contribution in [3.05, 3.63) is 65.7 Å². The predicted octanol–water partition coefficient (Wildman–Crippen LogP) is 1.73. The molecule has 0 radical (unpaired) electrons. The van der Waals surface area contributed by atoms with Gasteiger partial charge in [-0.15, -0.1) is 0 Å². The molecule has 0 spiro atoms. The van der Waals surface area contributed by atoms with Crippen molar-refractivity contribution in [3.8, 4) is 0 Å². The van der Waals surface area contributed by atoms with E-state index >= 15 is 0 Å². The fourth-order valence-corrected chi connectivity index (χ4v) is 2.91. The molecule has 0 aliphatic carbocycles. The molecule has 2 aromatic rings. The molecule has 0 aromatic heterocycles. The highest BCUT2D eigenvalue weighted by atomic mass is 32.2. The fraction of sp³-hybridized carbons (Fsp3) is 0.0714. The van der Waals surface area contributed by atoms with Crippen LogP contribution in [0.3, 0.4) is 0 Å². The average Bonchev–Trinajstić information content (AvgIpc) is 2.39. The second-order valence-corrected chi connectivity index (χ2v) is 6.01. The van der Waals surface area contributed by atoms with Gasteiger partial charge in [-0.2, -0.15) is 0 Å². The summed E-state index contributed by atoms with van der Waals surface area (Å²) in [5.41, 5.74) is 6.54. The summed E-state index contributed by atoms with van der Waals surface area (Å²) in [4.78, 5) is 10.9. The van der Waals surface area contributed by atoms with Gasteiger partial charge in [0.05, 0.1) is 5.75 Å². The minimum atomic E-state index is -3.49. The van der Waals surface area contributed by atoms with E-state index in [4.69, 9.17) is 5.73 Å². The quantitative estimate of drug-likeness (QED) is 0.878. The monoisotopic (exact) mass is 290 g/mol. The van der Waals surface area contributed by atoms with E-state index < -0.39 is 15.9 Å². The highest BCUT2D eigenvalue weighted by molar-refractivity contribution is 7.91. The van der Waals surface area contributed by atoms with Crippen molar-refractivity contribution < 1.29 is 13.2 Å². The number of hydrogen-bond acceptors (Lipinski definition) is 3. The number of carbonyl (C=O) groups excluding carboxylic acids is 1. The van der Waals surface area contributed by atoms with E-state index in [1.807, 2.05) is 6.07 Å². The lowest BCUT2D eigenvalue weighted by molar-refractivity contribution is 0.100. The van der Waals surface area contributed by atoms with Crippen molar-refractivity contribution in [1.82, 2.24) is 0 Å². The van der Waals surface area contributed by atoms with Gasteiger partial charge < -0.3 is 5.73 Å². The summed E-state index contributed by atoms with van der Waals surface area (Å²) in [6, 6.07) is 14.8. The second-order valence-electron chi connectivity index (χ2n) is 4.29. The molecule has 104 valence electrons. The first-order chi connectivity index (χ1) is 9.46. The molecule has 20 heavy (non-hydrogen) atoms. The van der Waals surface area contributed by atoms with Gasteiger partial charge in [0, 0.05) is 11.3 Å². The van der Waals surface area contributed by atoms with Crippen LogP contribution in [-0.4, -0.2) is 14.3 Å². The molecule has 6 heteroatoms. The molecule has 0 saturated carbocycles. The normalized spacial score (nSPS) is 11.0. The van der Waals surface area contributed by atoms with Crippen LogP contribution in [0.25, 0.3) is 0 Å². The largest absolute Gasteiger partial charge is 0.366 e. The first-order valence-corrected chi connectivity index (χ1v) is 7.56. The molecule has 5 nitrogen and oxygen atoms in total. The Kier molecular flexibility index (Phi) is 4.05. The zero-order chi connectivity index (χ0) is 14.6. The third kappa shape index (κ3) is 3.83. The van der Waals surface area contributed by atoms with Gasteiger partial charge >= 0.3 is 0 Å². The van der Waals surface area contributed by atoms with Gasteiger partial charge in [0.15, 0.2) is 0 Å². The van der Waals surface area contributed by atoms with Gasteiger partial charge in [-0.1, -0.05) is 30.3 Å². The zero-order valence-corrected chi connectivity index (χ0v) is 11.4. The predicted molar refractivity (Wildman–Crippen MR) is 77.6 cm³/mol. The van der Waals surface area contributed by atoms with Gasteiger partial charge in [0.1, 0.15) is 0 Å². The molecule has 0 aliphatic heterocycles. The summed E-state index contributed by atoms with van der Waals surface area (Å²) in [7, 11) is -3.49. The smallest absolute Gasteiger partial charge is 0.248 e. The van der Waals surface area contributed by atoms with Crippen LogP contribution in [0.15, 0.2) is 54.6 Å². The molecule has 0 bridgehead atoms. The summed E-state index contributed by atoms with van der Waals surface area (Å²) in [5.74, 6) is -0.658. The van der Waals surface area contributed by atoms with Crippen molar-refractivity contribution in [2.45, 2.75) is 5.75 Å². The number of nitrogens with one attached hydrogen (secondary N) is 1. The number of anilines is 1. The van der Waals surface area contributed by atoms with Crippen molar-refractivity contribution in [2.24, 2.45) is 5.73 Å². The summed E-state index contributed by atoms with van der Waals surface area (Å²) in [5, 5.41) is 0. The third-order valence-corrected chi connectivity index (χ3v) is 3.90. The Morgan fingerprint density at radius 3 is 2.15 bits per heavy atom. The number of nitrogens with two attached hydrogens (primary N) is 1. The van der Waals surface area contributed by atoms with E-state index in [1.54, 1.807) is 24.3 Å². The van der Waals surface area contributed by atoms with Crippen LogP contribution in [-0.2, 0) is 15.8 Å². The summed E-state index contributed by atoms with van der Waals surface area (Å²) < 4.78 is 26.4. The Morgan fingerprint density at radius 2 is 1.60 bits per heavy atom. The molecule has 2 rings (SSSR count). The Hall–Kier alpha value is -2.34. The summed E-state index contributed by atoms with van der Waals surface area (Å²) >= 11 is 0. The molecular formula is C14H14N2O3S. The fourth-order valence-electron chi connectivity index (χ4n) is 1.71. The topological polar surface area (TPSA) is 89.3 Å². The standard InChI is InChI=1S/C14H14N2O3S/c15-14(17)12-6-8-13(9-7-12)16-20(18,19)10-11-4-2-1-3-5-11/h1-9,16H,10H2,(H2,15,17). The van der Waals surface area contributed by atoms with Crippen molar-refractivity contribution >= 4 is 21.6 Å². The molecule has 2 aromatic carbocycles. The number of rotatable bonds is 5. The lowest BCUT2D eigenvalue weighted by Gasteiger charge is -2.08. The highest BCUT2D eigenvalue weighted by Gasteiger charge is 2.11. The first-order valence-electron chi connectivity index (χ1n) is 5.90. The maximum Gasteiger partial charge on any atom is 0.248 e. The van der Waals surface area contributed by atoms with Gasteiger partial charge in [0.25, 0.3) is 0 Å². The van der Waals surface area contributed by atoms with Crippen LogP contribution < -0.4 is 10.5 Å².